The smallest absolute Gasteiger partial charge is 0.224 e. The van der Waals surface area contributed by atoms with Crippen molar-refractivity contribution in [3.05, 3.63) is 59.1 Å². The van der Waals surface area contributed by atoms with E-state index >= 15 is 0 Å². The molecule has 0 aromatic heterocycles. The molecule has 0 aliphatic rings. The lowest BCUT2D eigenvalue weighted by atomic mass is 10.2. The lowest BCUT2D eigenvalue weighted by molar-refractivity contribution is 0.108. The van der Waals surface area contributed by atoms with Crippen LogP contribution in [0.25, 0.3) is 0 Å². The number of carbonyl (C=O) groups is 1. The quantitative estimate of drug-likeness (QED) is 0.784. The highest BCUT2D eigenvalue weighted by Gasteiger charge is 2.08. The van der Waals surface area contributed by atoms with Gasteiger partial charge in [-0.05, 0) is 60.3 Å². The summed E-state index contributed by atoms with van der Waals surface area (Å²) in [7, 11) is 1.60. The molecule has 0 unspecified atom stereocenters. The summed E-state index contributed by atoms with van der Waals surface area (Å²) in [5.74, 6) is 0.739. The Morgan fingerprint density at radius 3 is 2.22 bits per heavy atom. The van der Waals surface area contributed by atoms with Crippen LogP contribution in [0.4, 0.5) is 0 Å². The fourth-order valence-corrected chi connectivity index (χ4v) is 2.26. The monoisotopic (exact) mass is 278 g/mol. The van der Waals surface area contributed by atoms with Crippen molar-refractivity contribution in [2.75, 3.05) is 7.11 Å². The van der Waals surface area contributed by atoms with E-state index in [1.165, 1.54) is 11.8 Å². The van der Waals surface area contributed by atoms with E-state index in [0.29, 0.717) is 10.6 Å². The normalized spacial score (nSPS) is 10.1. The molecule has 0 aliphatic carbocycles. The Morgan fingerprint density at radius 2 is 1.67 bits per heavy atom. The molecule has 0 radical (unpaired) electrons. The van der Waals surface area contributed by atoms with Gasteiger partial charge in [0.05, 0.1) is 7.11 Å². The summed E-state index contributed by atoms with van der Waals surface area (Å²) in [6, 6.07) is 14.2. The fraction of sp³-hybridized carbons (Fsp3) is 0.0714. The average molecular weight is 279 g/mol. The maximum absolute atomic E-state index is 12.0. The highest BCUT2D eigenvalue weighted by molar-refractivity contribution is 8.14. The Hall–Kier alpha value is -1.45. The molecule has 0 spiro atoms. The van der Waals surface area contributed by atoms with Crippen LogP contribution in [0.3, 0.4) is 0 Å². The molecule has 2 aromatic carbocycles. The molecule has 92 valence electrons. The van der Waals surface area contributed by atoms with Gasteiger partial charge in [-0.25, -0.2) is 0 Å². The van der Waals surface area contributed by atoms with Crippen molar-refractivity contribution in [1.29, 1.82) is 0 Å². The molecule has 2 nitrogen and oxygen atoms in total. The van der Waals surface area contributed by atoms with E-state index in [9.17, 15) is 4.79 Å². The van der Waals surface area contributed by atoms with Crippen LogP contribution in [-0.2, 0) is 0 Å². The van der Waals surface area contributed by atoms with E-state index < -0.39 is 0 Å². The number of halogens is 1. The predicted molar refractivity (Wildman–Crippen MR) is 74.6 cm³/mol. The molecule has 0 fully saturated rings. The summed E-state index contributed by atoms with van der Waals surface area (Å²) in [6.45, 7) is 0. The van der Waals surface area contributed by atoms with E-state index in [1.54, 1.807) is 43.5 Å². The first kappa shape index (κ1) is 13.0. The maximum Gasteiger partial charge on any atom is 0.224 e. The summed E-state index contributed by atoms with van der Waals surface area (Å²) in [6.07, 6.45) is 0. The van der Waals surface area contributed by atoms with Crippen molar-refractivity contribution >= 4 is 28.5 Å². The summed E-state index contributed by atoms with van der Waals surface area (Å²) in [4.78, 5) is 12.9. The maximum atomic E-state index is 12.0. The molecule has 0 atom stereocenters. The van der Waals surface area contributed by atoms with Gasteiger partial charge in [-0.15, -0.1) is 0 Å². The molecule has 4 heteroatoms. The summed E-state index contributed by atoms with van der Waals surface area (Å²) in [5, 5.41) is 0.663. The Labute approximate surface area is 115 Å². The zero-order chi connectivity index (χ0) is 13.0. The molecular weight excluding hydrogens is 268 g/mol. The fourth-order valence-electron chi connectivity index (χ4n) is 1.40. The van der Waals surface area contributed by atoms with E-state index in [0.717, 1.165) is 10.6 Å². The standard InChI is InChI=1S/C14H11ClO2S/c1-17-12-6-2-10(3-7-12)14(16)18-13-8-4-11(15)5-9-13/h2-9H,1H3. The Balaban J connectivity index is 2.09. The van der Waals surface area contributed by atoms with Crippen LogP contribution in [0, 0.1) is 0 Å². The van der Waals surface area contributed by atoms with Crippen LogP contribution in [0.15, 0.2) is 53.4 Å². The first-order valence-electron chi connectivity index (χ1n) is 5.31. The van der Waals surface area contributed by atoms with Gasteiger partial charge in [0.15, 0.2) is 0 Å². The van der Waals surface area contributed by atoms with Gasteiger partial charge < -0.3 is 4.74 Å². The number of rotatable bonds is 3. The molecule has 0 saturated carbocycles. The number of thioether (sulfide) groups is 1. The minimum Gasteiger partial charge on any atom is -0.497 e. The topological polar surface area (TPSA) is 26.3 Å². The molecular formula is C14H11ClO2S. The second-order valence-electron chi connectivity index (χ2n) is 3.57. The molecule has 0 saturated heterocycles. The molecule has 0 heterocycles. The Kier molecular flexibility index (Phi) is 4.28. The first-order valence-corrected chi connectivity index (χ1v) is 6.50. The molecule has 0 aliphatic heterocycles. The van der Waals surface area contributed by atoms with Gasteiger partial charge in [0.25, 0.3) is 0 Å². The largest absolute Gasteiger partial charge is 0.497 e. The predicted octanol–water partition coefficient (Wildman–Crippen LogP) is 4.28. The number of hydrogen-bond acceptors (Lipinski definition) is 3. The Morgan fingerprint density at radius 1 is 1.06 bits per heavy atom. The highest BCUT2D eigenvalue weighted by atomic mass is 35.5. The molecule has 18 heavy (non-hydrogen) atoms. The number of carbonyl (C=O) groups excluding carboxylic acids is 1. The third-order valence-corrected chi connectivity index (χ3v) is 3.53. The zero-order valence-electron chi connectivity index (χ0n) is 9.72. The average Bonchev–Trinajstić information content (AvgIpc) is 2.41. The summed E-state index contributed by atoms with van der Waals surface area (Å²) < 4.78 is 5.05. The van der Waals surface area contributed by atoms with Crippen molar-refractivity contribution in [1.82, 2.24) is 0 Å². The van der Waals surface area contributed by atoms with Crippen molar-refractivity contribution in [2.45, 2.75) is 4.90 Å². The highest BCUT2D eigenvalue weighted by Crippen LogP contribution is 2.25. The minimum absolute atomic E-state index is 0.0000227. The van der Waals surface area contributed by atoms with Crippen LogP contribution in [0.2, 0.25) is 5.02 Å². The SMILES string of the molecule is COc1ccc(C(=O)Sc2ccc(Cl)cc2)cc1. The number of ether oxygens (including phenoxy) is 1. The second-order valence-corrected chi connectivity index (χ2v) is 5.05. The molecule has 2 aromatic rings. The summed E-state index contributed by atoms with van der Waals surface area (Å²) in [5.41, 5.74) is 0.649. The minimum atomic E-state index is -0.0000227. The molecule has 2 rings (SSSR count). The lowest BCUT2D eigenvalue weighted by Crippen LogP contribution is -1.93. The van der Waals surface area contributed by atoms with Gasteiger partial charge >= 0.3 is 0 Å². The molecule has 0 bridgehead atoms. The van der Waals surface area contributed by atoms with Crippen LogP contribution in [-0.4, -0.2) is 12.2 Å². The van der Waals surface area contributed by atoms with E-state index in [1.807, 2.05) is 12.1 Å². The van der Waals surface area contributed by atoms with Gasteiger partial charge in [0.1, 0.15) is 5.75 Å². The number of hydrogen-bond donors (Lipinski definition) is 0. The van der Waals surface area contributed by atoms with E-state index in [-0.39, 0.29) is 5.12 Å². The molecule has 0 N–H and O–H groups in total. The Bertz CT molecular complexity index is 535. The molecule has 0 amide bonds. The van der Waals surface area contributed by atoms with Crippen molar-refractivity contribution in [2.24, 2.45) is 0 Å². The third kappa shape index (κ3) is 3.28. The number of methoxy groups -OCH3 is 1. The van der Waals surface area contributed by atoms with Gasteiger partial charge in [-0.1, -0.05) is 11.6 Å². The van der Waals surface area contributed by atoms with E-state index in [2.05, 4.69) is 0 Å². The van der Waals surface area contributed by atoms with Gasteiger partial charge in [-0.3, -0.25) is 4.79 Å². The van der Waals surface area contributed by atoms with Gasteiger partial charge in [0, 0.05) is 15.5 Å². The van der Waals surface area contributed by atoms with Crippen molar-refractivity contribution in [3.63, 3.8) is 0 Å². The van der Waals surface area contributed by atoms with Gasteiger partial charge in [0.2, 0.25) is 5.12 Å². The van der Waals surface area contributed by atoms with Gasteiger partial charge in [-0.2, -0.15) is 0 Å². The second kappa shape index (κ2) is 5.94. The zero-order valence-corrected chi connectivity index (χ0v) is 11.3. The summed E-state index contributed by atoms with van der Waals surface area (Å²) >= 11 is 6.97. The lowest BCUT2D eigenvalue weighted by Gasteiger charge is -2.03. The first-order chi connectivity index (χ1) is 8.69. The van der Waals surface area contributed by atoms with Crippen LogP contribution >= 0.6 is 23.4 Å². The van der Waals surface area contributed by atoms with Crippen molar-refractivity contribution < 1.29 is 9.53 Å². The van der Waals surface area contributed by atoms with Crippen LogP contribution < -0.4 is 4.74 Å². The van der Waals surface area contributed by atoms with Crippen LogP contribution in [0.5, 0.6) is 5.75 Å². The van der Waals surface area contributed by atoms with Crippen molar-refractivity contribution in [3.8, 4) is 5.75 Å². The van der Waals surface area contributed by atoms with Crippen LogP contribution in [0.1, 0.15) is 10.4 Å². The van der Waals surface area contributed by atoms with E-state index in [4.69, 9.17) is 16.3 Å². The number of benzene rings is 2. The third-order valence-electron chi connectivity index (χ3n) is 2.35.